The first-order chi connectivity index (χ1) is 12.7. The van der Waals surface area contributed by atoms with Crippen molar-refractivity contribution >= 4 is 17.1 Å². The molecule has 2 fully saturated rings. The molecule has 2 aromatic rings. The number of hydrogen-bond donors (Lipinski definition) is 0. The first-order valence-corrected chi connectivity index (χ1v) is 10.3. The average Bonchev–Trinajstić information content (AvgIpc) is 3.46. The average molecular weight is 354 g/mol. The maximum atomic E-state index is 12.8. The van der Waals surface area contributed by atoms with E-state index in [1.165, 1.54) is 25.1 Å². The molecule has 140 valence electrons. The molecule has 0 radical (unpaired) electrons. The fourth-order valence-corrected chi connectivity index (χ4v) is 4.38. The van der Waals surface area contributed by atoms with Crippen molar-refractivity contribution in [3.63, 3.8) is 0 Å². The molecule has 1 amide bonds. The summed E-state index contributed by atoms with van der Waals surface area (Å²) < 4.78 is 2.35. The normalized spacial score (nSPS) is 20.9. The summed E-state index contributed by atoms with van der Waals surface area (Å²) >= 11 is 0. The minimum atomic E-state index is 0.187. The van der Waals surface area contributed by atoms with Gasteiger partial charge in [0.25, 0.3) is 0 Å². The zero-order chi connectivity index (χ0) is 18.1. The Bertz CT molecular complexity index is 775. The number of rotatable bonds is 6. The number of carbonyl (C=O) groups excluding carboxylic acids is 1. The van der Waals surface area contributed by atoms with Crippen molar-refractivity contribution in [3.8, 4) is 0 Å². The third kappa shape index (κ3) is 3.36. The standard InChI is InChI=1S/C21H30N4O/c1-3-16(4-2)21(26)24-12-6-7-15(13-24)14-25-19(17-9-10-17)23-18-8-5-11-22-20(18)25/h5,8,11,15-17H,3-4,6-7,9-10,12-14H2,1-2H3. The fraction of sp³-hybridized carbons (Fsp3) is 0.667. The number of fused-ring (bicyclic) bond motifs is 1. The van der Waals surface area contributed by atoms with E-state index in [1.807, 2.05) is 12.3 Å². The second-order valence-electron chi connectivity index (χ2n) is 8.01. The van der Waals surface area contributed by atoms with Crippen LogP contribution in [0.1, 0.15) is 64.1 Å². The summed E-state index contributed by atoms with van der Waals surface area (Å²) in [6.45, 7) is 6.99. The van der Waals surface area contributed by atoms with E-state index in [4.69, 9.17) is 4.98 Å². The number of likely N-dealkylation sites (tertiary alicyclic amines) is 1. The van der Waals surface area contributed by atoms with E-state index in [0.29, 0.717) is 17.7 Å². The summed E-state index contributed by atoms with van der Waals surface area (Å²) in [5.74, 6) is 2.86. The highest BCUT2D eigenvalue weighted by atomic mass is 16.2. The summed E-state index contributed by atoms with van der Waals surface area (Å²) in [4.78, 5) is 24.4. The van der Waals surface area contributed by atoms with Gasteiger partial charge in [0.15, 0.2) is 5.65 Å². The van der Waals surface area contributed by atoms with Crippen LogP contribution in [0.4, 0.5) is 0 Å². The Morgan fingerprint density at radius 1 is 1.27 bits per heavy atom. The third-order valence-corrected chi connectivity index (χ3v) is 6.08. The van der Waals surface area contributed by atoms with E-state index in [2.05, 4.69) is 34.4 Å². The molecule has 5 nitrogen and oxygen atoms in total. The monoisotopic (exact) mass is 354 g/mol. The maximum Gasteiger partial charge on any atom is 0.225 e. The number of aromatic nitrogens is 3. The van der Waals surface area contributed by atoms with E-state index >= 15 is 0 Å². The Hall–Kier alpha value is -1.91. The molecule has 26 heavy (non-hydrogen) atoms. The van der Waals surface area contributed by atoms with Gasteiger partial charge in [-0.15, -0.1) is 0 Å². The minimum absolute atomic E-state index is 0.187. The molecule has 1 atom stereocenters. The van der Waals surface area contributed by atoms with Crippen LogP contribution in [0.5, 0.6) is 0 Å². The predicted octanol–water partition coefficient (Wildman–Crippen LogP) is 3.98. The highest BCUT2D eigenvalue weighted by Gasteiger charge is 2.32. The molecule has 3 heterocycles. The van der Waals surface area contributed by atoms with Crippen LogP contribution in [0.25, 0.3) is 11.2 Å². The van der Waals surface area contributed by atoms with Crippen molar-refractivity contribution in [2.24, 2.45) is 11.8 Å². The van der Waals surface area contributed by atoms with Gasteiger partial charge in [-0.05, 0) is 56.6 Å². The van der Waals surface area contributed by atoms with E-state index < -0.39 is 0 Å². The van der Waals surface area contributed by atoms with E-state index in [-0.39, 0.29) is 5.92 Å². The van der Waals surface area contributed by atoms with Crippen molar-refractivity contribution in [3.05, 3.63) is 24.2 Å². The van der Waals surface area contributed by atoms with Gasteiger partial charge in [-0.1, -0.05) is 13.8 Å². The second kappa shape index (κ2) is 7.37. The van der Waals surface area contributed by atoms with Crippen LogP contribution in [0.2, 0.25) is 0 Å². The predicted molar refractivity (Wildman–Crippen MR) is 103 cm³/mol. The van der Waals surface area contributed by atoms with Gasteiger partial charge in [0, 0.05) is 37.7 Å². The van der Waals surface area contributed by atoms with Crippen LogP contribution >= 0.6 is 0 Å². The van der Waals surface area contributed by atoms with Crippen LogP contribution in [0.3, 0.4) is 0 Å². The molecule has 0 N–H and O–H groups in total. The Balaban J connectivity index is 1.53. The number of carbonyl (C=O) groups is 1. The SMILES string of the molecule is CCC(CC)C(=O)N1CCCC(Cn2c(C3CC3)nc3cccnc32)C1. The molecule has 1 aliphatic heterocycles. The Kier molecular flexibility index (Phi) is 4.96. The van der Waals surface area contributed by atoms with E-state index in [0.717, 1.165) is 50.1 Å². The van der Waals surface area contributed by atoms with Crippen molar-refractivity contribution in [1.82, 2.24) is 19.4 Å². The summed E-state index contributed by atoms with van der Waals surface area (Å²) in [5.41, 5.74) is 2.02. The number of hydrogen-bond acceptors (Lipinski definition) is 3. The van der Waals surface area contributed by atoms with Gasteiger partial charge in [0.2, 0.25) is 5.91 Å². The van der Waals surface area contributed by atoms with Crippen molar-refractivity contribution in [2.45, 2.75) is 64.8 Å². The molecule has 4 rings (SSSR count). The van der Waals surface area contributed by atoms with E-state index in [1.54, 1.807) is 0 Å². The number of pyridine rings is 1. The van der Waals surface area contributed by atoms with Gasteiger partial charge in [-0.2, -0.15) is 0 Å². The number of imidazole rings is 1. The Morgan fingerprint density at radius 3 is 2.81 bits per heavy atom. The lowest BCUT2D eigenvalue weighted by atomic mass is 9.94. The molecule has 1 saturated heterocycles. The molecule has 1 unspecified atom stereocenters. The van der Waals surface area contributed by atoms with Crippen LogP contribution in [-0.2, 0) is 11.3 Å². The highest BCUT2D eigenvalue weighted by molar-refractivity contribution is 5.78. The van der Waals surface area contributed by atoms with Gasteiger partial charge < -0.3 is 9.47 Å². The summed E-state index contributed by atoms with van der Waals surface area (Å²) in [6, 6.07) is 4.03. The summed E-state index contributed by atoms with van der Waals surface area (Å²) in [6.07, 6.45) is 8.52. The Morgan fingerprint density at radius 2 is 2.08 bits per heavy atom. The van der Waals surface area contributed by atoms with Crippen LogP contribution in [0, 0.1) is 11.8 Å². The molecular weight excluding hydrogens is 324 g/mol. The highest BCUT2D eigenvalue weighted by Crippen LogP contribution is 2.41. The topological polar surface area (TPSA) is 51.0 Å². The van der Waals surface area contributed by atoms with Gasteiger partial charge >= 0.3 is 0 Å². The van der Waals surface area contributed by atoms with E-state index in [9.17, 15) is 4.79 Å². The molecule has 1 aliphatic carbocycles. The lowest BCUT2D eigenvalue weighted by Gasteiger charge is -2.35. The molecule has 0 aromatic carbocycles. The quantitative estimate of drug-likeness (QED) is 0.788. The van der Waals surface area contributed by atoms with Gasteiger partial charge in [0.05, 0.1) is 0 Å². The molecular formula is C21H30N4O. The molecule has 2 aliphatic rings. The van der Waals surface area contributed by atoms with Crippen LogP contribution < -0.4 is 0 Å². The Labute approximate surface area is 155 Å². The summed E-state index contributed by atoms with van der Waals surface area (Å²) in [7, 11) is 0. The molecule has 5 heteroatoms. The third-order valence-electron chi connectivity index (χ3n) is 6.08. The first-order valence-electron chi connectivity index (χ1n) is 10.3. The first kappa shape index (κ1) is 17.5. The lowest BCUT2D eigenvalue weighted by molar-refractivity contribution is -0.137. The lowest BCUT2D eigenvalue weighted by Crippen LogP contribution is -2.43. The van der Waals surface area contributed by atoms with Crippen molar-refractivity contribution in [1.29, 1.82) is 0 Å². The minimum Gasteiger partial charge on any atom is -0.342 e. The molecule has 2 aromatic heterocycles. The van der Waals surface area contributed by atoms with Crippen LogP contribution in [-0.4, -0.2) is 38.4 Å². The van der Waals surface area contributed by atoms with Crippen molar-refractivity contribution in [2.75, 3.05) is 13.1 Å². The molecule has 1 saturated carbocycles. The van der Waals surface area contributed by atoms with Gasteiger partial charge in [0.1, 0.15) is 11.3 Å². The smallest absolute Gasteiger partial charge is 0.225 e. The van der Waals surface area contributed by atoms with Gasteiger partial charge in [-0.25, -0.2) is 9.97 Å². The largest absolute Gasteiger partial charge is 0.342 e. The number of amides is 1. The number of nitrogens with zero attached hydrogens (tertiary/aromatic N) is 4. The van der Waals surface area contributed by atoms with Crippen LogP contribution in [0.15, 0.2) is 18.3 Å². The fourth-order valence-electron chi connectivity index (χ4n) is 4.38. The van der Waals surface area contributed by atoms with Crippen molar-refractivity contribution < 1.29 is 4.79 Å². The van der Waals surface area contributed by atoms with Gasteiger partial charge in [-0.3, -0.25) is 4.79 Å². The molecule has 0 spiro atoms. The number of piperidine rings is 1. The second-order valence-corrected chi connectivity index (χ2v) is 8.01. The zero-order valence-electron chi connectivity index (χ0n) is 16.0. The zero-order valence-corrected chi connectivity index (χ0v) is 16.0. The summed E-state index contributed by atoms with van der Waals surface area (Å²) in [5, 5.41) is 0. The maximum absolute atomic E-state index is 12.8. The molecule has 0 bridgehead atoms.